The van der Waals surface area contributed by atoms with E-state index < -0.39 is 29.8 Å². The Bertz CT molecular complexity index is 790. The number of H-pyrrole nitrogens is 1. The van der Waals surface area contributed by atoms with Gasteiger partial charge in [-0.3, -0.25) is 9.59 Å². The van der Waals surface area contributed by atoms with E-state index in [2.05, 4.69) is 15.3 Å². The molecule has 0 aliphatic carbocycles. The zero-order valence-electron chi connectivity index (χ0n) is 16.9. The zero-order valence-corrected chi connectivity index (χ0v) is 16.9. The van der Waals surface area contributed by atoms with E-state index in [4.69, 9.17) is 9.47 Å². The van der Waals surface area contributed by atoms with Crippen LogP contribution in [0.15, 0.2) is 42.9 Å². The molecule has 0 aliphatic rings. The molecule has 2 atom stereocenters. The number of esters is 2. The highest BCUT2D eigenvalue weighted by Gasteiger charge is 2.30. The molecular formula is C21H27N3O5. The third kappa shape index (κ3) is 7.06. The van der Waals surface area contributed by atoms with Crippen LogP contribution in [0.5, 0.6) is 0 Å². The molecule has 0 radical (unpaired) electrons. The number of imidazole rings is 1. The maximum atomic E-state index is 12.8. The molecule has 0 saturated heterocycles. The second-order valence-electron chi connectivity index (χ2n) is 7.07. The lowest BCUT2D eigenvalue weighted by atomic mass is 9.91. The van der Waals surface area contributed by atoms with Crippen LogP contribution in [-0.2, 0) is 36.9 Å². The van der Waals surface area contributed by atoms with E-state index in [9.17, 15) is 14.4 Å². The summed E-state index contributed by atoms with van der Waals surface area (Å²) in [5, 5.41) is 2.70. The monoisotopic (exact) mass is 401 g/mol. The van der Waals surface area contributed by atoms with Crippen molar-refractivity contribution >= 4 is 17.8 Å². The van der Waals surface area contributed by atoms with Crippen LogP contribution in [0, 0.1) is 11.8 Å². The number of amides is 1. The van der Waals surface area contributed by atoms with Crippen LogP contribution < -0.4 is 5.32 Å². The molecule has 0 saturated carbocycles. The number of hydrogen-bond acceptors (Lipinski definition) is 6. The van der Waals surface area contributed by atoms with Crippen LogP contribution in [0.3, 0.4) is 0 Å². The van der Waals surface area contributed by atoms with Crippen molar-refractivity contribution in [1.82, 2.24) is 15.3 Å². The number of aromatic amines is 1. The number of hydrogen-bond donors (Lipinski definition) is 2. The molecule has 2 aromatic rings. The molecule has 0 spiro atoms. The maximum absolute atomic E-state index is 12.8. The topological polar surface area (TPSA) is 110 Å². The molecule has 1 aromatic carbocycles. The molecule has 0 unspecified atom stereocenters. The van der Waals surface area contributed by atoms with E-state index >= 15 is 0 Å². The first-order valence-corrected chi connectivity index (χ1v) is 9.45. The van der Waals surface area contributed by atoms with Gasteiger partial charge < -0.3 is 19.8 Å². The average molecular weight is 401 g/mol. The lowest BCUT2D eigenvalue weighted by molar-refractivity contribution is -0.149. The first-order chi connectivity index (χ1) is 13.9. The zero-order chi connectivity index (χ0) is 21.2. The number of nitrogens with zero attached hydrogens (tertiary/aromatic N) is 1. The van der Waals surface area contributed by atoms with Crippen LogP contribution in [0.25, 0.3) is 0 Å². The summed E-state index contributed by atoms with van der Waals surface area (Å²) in [4.78, 5) is 43.9. The van der Waals surface area contributed by atoms with Crippen molar-refractivity contribution in [3.8, 4) is 0 Å². The molecule has 1 aromatic heterocycles. The van der Waals surface area contributed by atoms with Crippen molar-refractivity contribution in [2.75, 3.05) is 7.11 Å². The molecule has 1 heterocycles. The van der Waals surface area contributed by atoms with Gasteiger partial charge in [-0.2, -0.15) is 0 Å². The fourth-order valence-corrected chi connectivity index (χ4v) is 2.84. The van der Waals surface area contributed by atoms with Gasteiger partial charge in [0.25, 0.3) is 0 Å². The summed E-state index contributed by atoms with van der Waals surface area (Å²) in [6.07, 6.45) is 3.20. The number of benzene rings is 1. The van der Waals surface area contributed by atoms with Gasteiger partial charge in [0.15, 0.2) is 0 Å². The highest BCUT2D eigenvalue weighted by atomic mass is 16.5. The number of aromatic nitrogens is 2. The van der Waals surface area contributed by atoms with E-state index in [1.165, 1.54) is 13.4 Å². The Morgan fingerprint density at radius 1 is 1.17 bits per heavy atom. The predicted molar refractivity (Wildman–Crippen MR) is 105 cm³/mol. The minimum atomic E-state index is -0.880. The summed E-state index contributed by atoms with van der Waals surface area (Å²) in [5.41, 5.74) is 1.56. The van der Waals surface area contributed by atoms with E-state index in [1.807, 2.05) is 44.2 Å². The third-order valence-electron chi connectivity index (χ3n) is 4.55. The van der Waals surface area contributed by atoms with Crippen LogP contribution in [0.4, 0.5) is 0 Å². The molecule has 0 fully saturated rings. The second kappa shape index (κ2) is 11.0. The Labute approximate surface area is 170 Å². The molecular weight excluding hydrogens is 374 g/mol. The van der Waals surface area contributed by atoms with Crippen LogP contribution in [-0.4, -0.2) is 41.0 Å². The van der Waals surface area contributed by atoms with Crippen molar-refractivity contribution < 1.29 is 23.9 Å². The molecule has 2 N–H and O–H groups in total. The van der Waals surface area contributed by atoms with Gasteiger partial charge in [-0.15, -0.1) is 0 Å². The van der Waals surface area contributed by atoms with Crippen LogP contribution in [0.1, 0.15) is 31.5 Å². The number of carbonyl (C=O) groups excluding carboxylic acids is 3. The number of nitrogens with one attached hydrogen (secondary N) is 2. The Hall–Kier alpha value is -3.16. The molecule has 0 aliphatic heterocycles. The first kappa shape index (κ1) is 22.1. The molecule has 2 rings (SSSR count). The SMILES string of the molecule is COC(=O)[C@H](Cc1cnc[nH]1)NC(=O)[C@@H](CC(=O)OCc1ccccc1)C(C)C. The Morgan fingerprint density at radius 3 is 2.48 bits per heavy atom. The molecule has 8 heteroatoms. The molecule has 156 valence electrons. The summed E-state index contributed by atoms with van der Waals surface area (Å²) in [6, 6.07) is 8.44. The third-order valence-corrected chi connectivity index (χ3v) is 4.55. The van der Waals surface area contributed by atoms with Crippen LogP contribution >= 0.6 is 0 Å². The van der Waals surface area contributed by atoms with Gasteiger partial charge in [0.2, 0.25) is 5.91 Å². The maximum Gasteiger partial charge on any atom is 0.328 e. The minimum absolute atomic E-state index is 0.0751. The summed E-state index contributed by atoms with van der Waals surface area (Å²) in [7, 11) is 1.26. The highest BCUT2D eigenvalue weighted by Crippen LogP contribution is 2.18. The number of methoxy groups -OCH3 is 1. The predicted octanol–water partition coefficient (Wildman–Crippen LogP) is 2.02. The standard InChI is InChI=1S/C21H27N3O5/c1-14(2)17(10-19(25)29-12-15-7-5-4-6-8-15)20(26)24-18(21(27)28-3)9-16-11-22-13-23-16/h4-8,11,13-14,17-18H,9-10,12H2,1-3H3,(H,22,23)(H,24,26)/t17-,18-/m0/s1. The van der Waals surface area contributed by atoms with Crippen molar-refractivity contribution in [2.24, 2.45) is 11.8 Å². The molecule has 1 amide bonds. The van der Waals surface area contributed by atoms with E-state index in [0.29, 0.717) is 5.69 Å². The molecule has 29 heavy (non-hydrogen) atoms. The fraction of sp³-hybridized carbons (Fsp3) is 0.429. The quantitative estimate of drug-likeness (QED) is 0.589. The fourth-order valence-electron chi connectivity index (χ4n) is 2.84. The number of ether oxygens (including phenoxy) is 2. The average Bonchev–Trinajstić information content (AvgIpc) is 3.23. The second-order valence-corrected chi connectivity index (χ2v) is 7.07. The van der Waals surface area contributed by atoms with Crippen molar-refractivity contribution in [2.45, 2.75) is 39.3 Å². The lowest BCUT2D eigenvalue weighted by Gasteiger charge is -2.23. The summed E-state index contributed by atoms with van der Waals surface area (Å²) in [6.45, 7) is 3.84. The Morgan fingerprint density at radius 2 is 1.90 bits per heavy atom. The lowest BCUT2D eigenvalue weighted by Crippen LogP contribution is -2.47. The highest BCUT2D eigenvalue weighted by molar-refractivity contribution is 5.88. The van der Waals surface area contributed by atoms with Gasteiger partial charge in [0.05, 0.1) is 25.8 Å². The van der Waals surface area contributed by atoms with Crippen molar-refractivity contribution in [1.29, 1.82) is 0 Å². The normalized spacial score (nSPS) is 12.8. The first-order valence-electron chi connectivity index (χ1n) is 9.45. The van der Waals surface area contributed by atoms with Crippen LogP contribution in [0.2, 0.25) is 0 Å². The molecule has 8 nitrogen and oxygen atoms in total. The summed E-state index contributed by atoms with van der Waals surface area (Å²) >= 11 is 0. The van der Waals surface area contributed by atoms with Gasteiger partial charge in [0.1, 0.15) is 12.6 Å². The molecule has 0 bridgehead atoms. The largest absolute Gasteiger partial charge is 0.467 e. The van der Waals surface area contributed by atoms with Gasteiger partial charge in [-0.1, -0.05) is 44.2 Å². The van der Waals surface area contributed by atoms with Gasteiger partial charge in [-0.05, 0) is 11.5 Å². The van der Waals surface area contributed by atoms with Gasteiger partial charge >= 0.3 is 11.9 Å². The van der Waals surface area contributed by atoms with E-state index in [-0.39, 0.29) is 25.4 Å². The van der Waals surface area contributed by atoms with Crippen molar-refractivity contribution in [3.05, 3.63) is 54.1 Å². The van der Waals surface area contributed by atoms with Crippen molar-refractivity contribution in [3.63, 3.8) is 0 Å². The van der Waals surface area contributed by atoms with Gasteiger partial charge in [0, 0.05) is 18.3 Å². The number of rotatable bonds is 10. The summed E-state index contributed by atoms with van der Waals surface area (Å²) < 4.78 is 10.1. The van der Waals surface area contributed by atoms with E-state index in [0.717, 1.165) is 5.56 Å². The Balaban J connectivity index is 1.97. The van der Waals surface area contributed by atoms with E-state index in [1.54, 1.807) is 6.20 Å². The minimum Gasteiger partial charge on any atom is -0.467 e. The number of carbonyl (C=O) groups is 3. The van der Waals surface area contributed by atoms with Gasteiger partial charge in [-0.25, -0.2) is 9.78 Å². The Kier molecular flexibility index (Phi) is 8.39. The smallest absolute Gasteiger partial charge is 0.328 e. The summed E-state index contributed by atoms with van der Waals surface area (Å²) in [5.74, 6) is -2.18.